The minimum absolute atomic E-state index is 0.0117. The van der Waals surface area contributed by atoms with E-state index in [1.807, 2.05) is 13.8 Å². The van der Waals surface area contributed by atoms with E-state index >= 15 is 0 Å². The van der Waals surface area contributed by atoms with Crippen LogP contribution in [0.1, 0.15) is 38.3 Å². The molecule has 0 aliphatic carbocycles. The summed E-state index contributed by atoms with van der Waals surface area (Å²) in [6, 6.07) is 17.8. The highest BCUT2D eigenvalue weighted by atomic mass is 32.2. The number of carboxylic acid groups (broad SMARTS) is 1. The molecule has 0 aliphatic rings. The second-order valence-corrected chi connectivity index (χ2v) is 15.7. The Labute approximate surface area is 299 Å². The molecule has 0 radical (unpaired) electrons. The Bertz CT molecular complexity index is 1700. The topological polar surface area (TPSA) is 189 Å². The summed E-state index contributed by atoms with van der Waals surface area (Å²) in [5, 5.41) is 11.2. The zero-order chi connectivity index (χ0) is 37.3. The van der Waals surface area contributed by atoms with Gasteiger partial charge in [-0.25, -0.2) is 16.8 Å². The van der Waals surface area contributed by atoms with Crippen LogP contribution in [0.4, 0.5) is 0 Å². The molecule has 3 rings (SSSR count). The van der Waals surface area contributed by atoms with Crippen molar-refractivity contribution >= 4 is 37.3 Å². The van der Waals surface area contributed by atoms with Gasteiger partial charge in [0.2, 0.25) is 0 Å². The Morgan fingerprint density at radius 1 is 0.588 bits per heavy atom. The molecule has 0 heterocycles. The van der Waals surface area contributed by atoms with Crippen LogP contribution in [0.15, 0.2) is 82.6 Å². The number of aliphatic carboxylic acids is 1. The van der Waals surface area contributed by atoms with E-state index in [0.29, 0.717) is 39.6 Å². The van der Waals surface area contributed by atoms with Gasteiger partial charge in [-0.15, -0.1) is 0 Å². The van der Waals surface area contributed by atoms with Gasteiger partial charge in [-0.05, 0) is 50.2 Å². The fraction of sp³-hybridized carbons (Fsp3) is 0.417. The molecule has 0 bridgehead atoms. The van der Waals surface area contributed by atoms with Gasteiger partial charge in [0.15, 0.2) is 25.5 Å². The number of carboxylic acids is 1. The van der Waals surface area contributed by atoms with Gasteiger partial charge in [0.1, 0.15) is 0 Å². The number of Topliss-reactive ketones (excluding diaryl/α,β-unsaturated/α-hetero) is 1. The molecular formula is C36H45NO12S2. The van der Waals surface area contributed by atoms with Gasteiger partial charge < -0.3 is 29.4 Å². The van der Waals surface area contributed by atoms with E-state index in [9.17, 15) is 31.2 Å². The van der Waals surface area contributed by atoms with Crippen LogP contribution in [-0.4, -0.2) is 111 Å². The first-order valence-corrected chi connectivity index (χ1v) is 19.6. The Morgan fingerprint density at radius 2 is 0.980 bits per heavy atom. The molecule has 0 saturated heterocycles. The lowest BCUT2D eigenvalue weighted by Crippen LogP contribution is -2.31. The number of benzene rings is 3. The predicted octanol–water partition coefficient (Wildman–Crippen LogP) is 3.32. The van der Waals surface area contributed by atoms with E-state index in [2.05, 4.69) is 5.32 Å². The number of ether oxygens (including phenoxy) is 4. The minimum atomic E-state index is -4.04. The molecule has 2 N–H and O–H groups in total. The van der Waals surface area contributed by atoms with Crippen LogP contribution in [0.3, 0.4) is 0 Å². The smallest absolute Gasteiger partial charge is 0.305 e. The van der Waals surface area contributed by atoms with Crippen molar-refractivity contribution in [3.63, 3.8) is 0 Å². The lowest BCUT2D eigenvalue weighted by atomic mass is 9.99. The molecule has 13 nitrogen and oxygen atoms in total. The fourth-order valence-electron chi connectivity index (χ4n) is 4.69. The van der Waals surface area contributed by atoms with Crippen LogP contribution in [0.25, 0.3) is 0 Å². The number of hydrogen-bond donors (Lipinski definition) is 2. The van der Waals surface area contributed by atoms with Crippen molar-refractivity contribution in [1.82, 2.24) is 5.32 Å². The standard InChI is InChI=1S/C36H45NO12S2/c1-27-3-11-32(12-4-27)50(42,43)25-31(26-51(44,45)33-13-5-28(2)6-14-33)35(40)29-7-9-30(10-8-29)36(41)37-16-18-47-20-22-49-24-23-48-21-19-46-17-15-34(38)39/h3-14,31H,15-26H2,1-2H3,(H,37,41)(H,38,39). The summed E-state index contributed by atoms with van der Waals surface area (Å²) >= 11 is 0. The lowest BCUT2D eigenvalue weighted by Gasteiger charge is -2.17. The highest BCUT2D eigenvalue weighted by Gasteiger charge is 2.33. The average Bonchev–Trinajstić information content (AvgIpc) is 3.09. The Morgan fingerprint density at radius 3 is 1.41 bits per heavy atom. The molecule has 0 saturated carbocycles. The van der Waals surface area contributed by atoms with Crippen LogP contribution in [0.2, 0.25) is 0 Å². The molecule has 0 atom stereocenters. The van der Waals surface area contributed by atoms with Crippen molar-refractivity contribution in [3.05, 3.63) is 95.1 Å². The third-order valence-corrected chi connectivity index (χ3v) is 11.2. The van der Waals surface area contributed by atoms with Gasteiger partial charge in [0.05, 0.1) is 86.5 Å². The molecule has 1 amide bonds. The molecule has 3 aromatic rings. The highest BCUT2D eigenvalue weighted by Crippen LogP contribution is 2.23. The first-order valence-electron chi connectivity index (χ1n) is 16.3. The Balaban J connectivity index is 1.49. The maximum Gasteiger partial charge on any atom is 0.305 e. The molecule has 0 fully saturated rings. The second kappa shape index (κ2) is 20.8. The number of nitrogens with one attached hydrogen (secondary N) is 1. The summed E-state index contributed by atoms with van der Waals surface area (Å²) in [4.78, 5) is 36.7. The van der Waals surface area contributed by atoms with Gasteiger partial charge in [-0.1, -0.05) is 47.5 Å². The third-order valence-electron chi connectivity index (χ3n) is 7.51. The molecular weight excluding hydrogens is 703 g/mol. The summed E-state index contributed by atoms with van der Waals surface area (Å²) in [7, 11) is -8.07. The number of sulfone groups is 2. The maximum absolute atomic E-state index is 13.7. The fourth-order valence-corrected chi connectivity index (χ4v) is 7.93. The molecule has 278 valence electrons. The van der Waals surface area contributed by atoms with E-state index in [-0.39, 0.29) is 47.1 Å². The number of rotatable bonds is 24. The van der Waals surface area contributed by atoms with Gasteiger partial charge in [-0.2, -0.15) is 0 Å². The van der Waals surface area contributed by atoms with Crippen molar-refractivity contribution in [2.24, 2.45) is 5.92 Å². The van der Waals surface area contributed by atoms with Crippen molar-refractivity contribution in [1.29, 1.82) is 0 Å². The van der Waals surface area contributed by atoms with E-state index in [1.165, 1.54) is 48.5 Å². The normalized spacial score (nSPS) is 11.8. The highest BCUT2D eigenvalue weighted by molar-refractivity contribution is 7.92. The number of aryl methyl sites for hydroxylation is 2. The van der Waals surface area contributed by atoms with Crippen LogP contribution in [0, 0.1) is 19.8 Å². The molecule has 0 aromatic heterocycles. The van der Waals surface area contributed by atoms with E-state index in [0.717, 1.165) is 11.1 Å². The van der Waals surface area contributed by atoms with Gasteiger partial charge in [0, 0.05) is 17.7 Å². The predicted molar refractivity (Wildman–Crippen MR) is 189 cm³/mol. The van der Waals surface area contributed by atoms with E-state index < -0.39 is 54.8 Å². The van der Waals surface area contributed by atoms with E-state index in [1.54, 1.807) is 24.3 Å². The number of ketones is 1. The van der Waals surface area contributed by atoms with Crippen molar-refractivity contribution in [2.75, 3.05) is 70.9 Å². The zero-order valence-electron chi connectivity index (χ0n) is 28.7. The van der Waals surface area contributed by atoms with Crippen molar-refractivity contribution in [2.45, 2.75) is 30.1 Å². The Kier molecular flexibility index (Phi) is 16.9. The third kappa shape index (κ3) is 14.6. The summed E-state index contributed by atoms with van der Waals surface area (Å²) in [6.45, 7) is 6.13. The quantitative estimate of drug-likeness (QED) is 0.101. The van der Waals surface area contributed by atoms with Crippen LogP contribution in [-0.2, 0) is 43.4 Å². The van der Waals surface area contributed by atoms with Crippen LogP contribution < -0.4 is 5.32 Å². The van der Waals surface area contributed by atoms with Gasteiger partial charge in [0.25, 0.3) is 5.91 Å². The number of carbonyl (C=O) groups is 3. The van der Waals surface area contributed by atoms with E-state index in [4.69, 9.17) is 24.1 Å². The molecule has 15 heteroatoms. The van der Waals surface area contributed by atoms with Crippen LogP contribution >= 0.6 is 0 Å². The number of amides is 1. The number of hydrogen-bond acceptors (Lipinski definition) is 11. The molecule has 0 aliphatic heterocycles. The average molecular weight is 748 g/mol. The molecule has 0 unspecified atom stereocenters. The lowest BCUT2D eigenvalue weighted by molar-refractivity contribution is -0.138. The molecule has 3 aromatic carbocycles. The van der Waals surface area contributed by atoms with Crippen LogP contribution in [0.5, 0.6) is 0 Å². The minimum Gasteiger partial charge on any atom is -0.481 e. The summed E-state index contributed by atoms with van der Waals surface area (Å²) in [6.07, 6.45) is -0.0525. The monoisotopic (exact) mass is 747 g/mol. The number of carbonyl (C=O) groups excluding carboxylic acids is 2. The summed E-state index contributed by atoms with van der Waals surface area (Å²) in [5.41, 5.74) is 2.02. The summed E-state index contributed by atoms with van der Waals surface area (Å²) < 4.78 is 74.7. The molecule has 51 heavy (non-hydrogen) atoms. The first-order chi connectivity index (χ1) is 24.3. The second-order valence-electron chi connectivity index (χ2n) is 11.7. The van der Waals surface area contributed by atoms with Gasteiger partial charge >= 0.3 is 5.97 Å². The Hall–Kier alpha value is -3.99. The molecule has 0 spiro atoms. The van der Waals surface area contributed by atoms with Gasteiger partial charge in [-0.3, -0.25) is 14.4 Å². The first kappa shape index (κ1) is 41.4. The largest absolute Gasteiger partial charge is 0.481 e. The van der Waals surface area contributed by atoms with Crippen molar-refractivity contribution < 1.29 is 55.3 Å². The SMILES string of the molecule is Cc1ccc(S(=O)(=O)CC(CS(=O)(=O)c2ccc(C)cc2)C(=O)c2ccc(C(=O)NCCOCCOCCOCCOCCC(=O)O)cc2)cc1. The summed E-state index contributed by atoms with van der Waals surface area (Å²) in [5.74, 6) is -4.84. The van der Waals surface area contributed by atoms with Crippen molar-refractivity contribution in [3.8, 4) is 0 Å². The zero-order valence-corrected chi connectivity index (χ0v) is 30.4. The maximum atomic E-state index is 13.7.